The van der Waals surface area contributed by atoms with Crippen LogP contribution in [-0.4, -0.2) is 42.2 Å². The molecule has 1 aromatic carbocycles. The van der Waals surface area contributed by atoms with Gasteiger partial charge in [-0.15, -0.1) is 0 Å². The van der Waals surface area contributed by atoms with Crippen LogP contribution < -0.4 is 4.72 Å². The Bertz CT molecular complexity index is 773. The van der Waals surface area contributed by atoms with Crippen LogP contribution in [-0.2, 0) is 23.6 Å². The topological polar surface area (TPSA) is 67.2 Å². The third kappa shape index (κ3) is 3.85. The molecule has 0 amide bonds. The second kappa shape index (κ2) is 7.04. The van der Waals surface area contributed by atoms with Crippen LogP contribution in [0.5, 0.6) is 0 Å². The molecule has 0 unspecified atom stereocenters. The molecular formula is C17H24N4O2S. The Morgan fingerprint density at radius 3 is 2.71 bits per heavy atom. The van der Waals surface area contributed by atoms with E-state index in [9.17, 15) is 8.42 Å². The molecule has 1 aromatic heterocycles. The van der Waals surface area contributed by atoms with Gasteiger partial charge in [-0.05, 0) is 37.4 Å². The van der Waals surface area contributed by atoms with Gasteiger partial charge < -0.3 is 0 Å². The number of nitrogens with one attached hydrogen (secondary N) is 1. The summed E-state index contributed by atoms with van der Waals surface area (Å²) in [5.74, 6) is 0.316. The van der Waals surface area contributed by atoms with E-state index < -0.39 is 10.0 Å². The van der Waals surface area contributed by atoms with Gasteiger partial charge in [0.2, 0.25) is 0 Å². The van der Waals surface area contributed by atoms with Crippen LogP contribution in [0, 0.1) is 5.92 Å². The quantitative estimate of drug-likeness (QED) is 0.861. The lowest BCUT2D eigenvalue weighted by Crippen LogP contribution is -2.39. The molecule has 1 saturated heterocycles. The molecule has 0 bridgehead atoms. The van der Waals surface area contributed by atoms with Crippen molar-refractivity contribution in [3.8, 4) is 0 Å². The fourth-order valence-electron chi connectivity index (χ4n) is 3.28. The summed E-state index contributed by atoms with van der Waals surface area (Å²) in [5, 5.41) is 4.14. The average Bonchev–Trinajstić information content (AvgIpc) is 3.17. The number of hydrogen-bond donors (Lipinski definition) is 1. The smallest absolute Gasteiger partial charge is 0.257 e. The Morgan fingerprint density at radius 2 is 2.04 bits per heavy atom. The van der Waals surface area contributed by atoms with Gasteiger partial charge in [-0.3, -0.25) is 9.58 Å². The largest absolute Gasteiger partial charge is 0.299 e. The van der Waals surface area contributed by atoms with Crippen molar-refractivity contribution in [1.29, 1.82) is 0 Å². The molecule has 0 spiro atoms. The van der Waals surface area contributed by atoms with Gasteiger partial charge in [0.25, 0.3) is 10.0 Å². The highest BCUT2D eigenvalue weighted by Gasteiger charge is 2.30. The normalized spacial score (nSPS) is 20.3. The first kappa shape index (κ1) is 17.1. The third-order valence-electron chi connectivity index (χ3n) is 4.66. The number of benzene rings is 1. The van der Waals surface area contributed by atoms with Crippen molar-refractivity contribution < 1.29 is 8.42 Å². The molecule has 2 atom stereocenters. The number of sulfonamides is 1. The molecule has 1 N–H and O–H groups in total. The fourth-order valence-corrected chi connectivity index (χ4v) is 4.72. The summed E-state index contributed by atoms with van der Waals surface area (Å²) in [5.41, 5.74) is 1.29. The van der Waals surface area contributed by atoms with Gasteiger partial charge in [-0.1, -0.05) is 30.3 Å². The summed E-state index contributed by atoms with van der Waals surface area (Å²) >= 11 is 0. The third-order valence-corrected chi connectivity index (χ3v) is 6.29. The van der Waals surface area contributed by atoms with Gasteiger partial charge in [0.05, 0.1) is 6.20 Å². The lowest BCUT2D eigenvalue weighted by atomic mass is 10.0. The van der Waals surface area contributed by atoms with Gasteiger partial charge in [-0.25, -0.2) is 13.1 Å². The highest BCUT2D eigenvalue weighted by atomic mass is 32.2. The maximum atomic E-state index is 12.5. The van der Waals surface area contributed by atoms with Gasteiger partial charge >= 0.3 is 0 Å². The molecule has 0 radical (unpaired) electrons. The Balaban J connectivity index is 1.59. The molecule has 1 aliphatic heterocycles. The summed E-state index contributed by atoms with van der Waals surface area (Å²) in [7, 11) is -1.89. The monoisotopic (exact) mass is 348 g/mol. The minimum absolute atomic E-state index is 0.106. The number of aromatic nitrogens is 2. The zero-order valence-corrected chi connectivity index (χ0v) is 14.9. The summed E-state index contributed by atoms with van der Waals surface area (Å²) in [6.45, 7) is 4.77. The maximum absolute atomic E-state index is 12.5. The van der Waals surface area contributed by atoms with Crippen molar-refractivity contribution in [1.82, 2.24) is 19.4 Å². The van der Waals surface area contributed by atoms with E-state index in [0.717, 1.165) is 26.1 Å². The van der Waals surface area contributed by atoms with Gasteiger partial charge in [0, 0.05) is 26.2 Å². The molecule has 7 heteroatoms. The van der Waals surface area contributed by atoms with Crippen molar-refractivity contribution in [2.75, 3.05) is 13.1 Å². The molecule has 6 nitrogen and oxygen atoms in total. The molecule has 24 heavy (non-hydrogen) atoms. The summed E-state index contributed by atoms with van der Waals surface area (Å²) in [4.78, 5) is 2.38. The SMILES string of the molecule is C[C@@H](NS(=O)(=O)c1ccnn1C)[C@@H]1CCN(Cc2ccccc2)C1. The van der Waals surface area contributed by atoms with E-state index in [1.54, 1.807) is 7.05 Å². The molecule has 2 aromatic rings. The van der Waals surface area contributed by atoms with Crippen LogP contribution in [0.15, 0.2) is 47.6 Å². The van der Waals surface area contributed by atoms with Crippen molar-refractivity contribution in [3.63, 3.8) is 0 Å². The van der Waals surface area contributed by atoms with E-state index in [1.165, 1.54) is 22.5 Å². The number of aryl methyl sites for hydroxylation is 1. The van der Waals surface area contributed by atoms with Crippen LogP contribution in [0.3, 0.4) is 0 Å². The molecule has 3 rings (SSSR count). The first-order chi connectivity index (χ1) is 11.5. The van der Waals surface area contributed by atoms with E-state index >= 15 is 0 Å². The predicted octanol–water partition coefficient (Wildman–Crippen LogP) is 1.61. The maximum Gasteiger partial charge on any atom is 0.257 e. The minimum atomic E-state index is -3.53. The molecule has 130 valence electrons. The van der Waals surface area contributed by atoms with Crippen LogP contribution in [0.1, 0.15) is 18.9 Å². The lowest BCUT2D eigenvalue weighted by Gasteiger charge is -2.21. The Kier molecular flexibility index (Phi) is 5.03. The highest BCUT2D eigenvalue weighted by molar-refractivity contribution is 7.89. The number of hydrogen-bond acceptors (Lipinski definition) is 4. The van der Waals surface area contributed by atoms with E-state index in [1.807, 2.05) is 25.1 Å². The van der Waals surface area contributed by atoms with Crippen molar-refractivity contribution in [3.05, 3.63) is 48.2 Å². The van der Waals surface area contributed by atoms with Crippen molar-refractivity contribution in [2.24, 2.45) is 13.0 Å². The number of rotatable bonds is 6. The summed E-state index contributed by atoms with van der Waals surface area (Å²) in [6, 6.07) is 11.8. The Hall–Kier alpha value is -1.70. The zero-order chi connectivity index (χ0) is 17.2. The first-order valence-electron chi connectivity index (χ1n) is 8.22. The molecule has 0 aliphatic carbocycles. The molecule has 1 fully saturated rings. The molecule has 0 saturated carbocycles. The van der Waals surface area contributed by atoms with Crippen molar-refractivity contribution >= 4 is 10.0 Å². The van der Waals surface area contributed by atoms with E-state index in [2.05, 4.69) is 26.9 Å². The Labute approximate surface area is 143 Å². The van der Waals surface area contributed by atoms with Crippen molar-refractivity contribution in [2.45, 2.75) is 31.0 Å². The highest BCUT2D eigenvalue weighted by Crippen LogP contribution is 2.22. The molecular weight excluding hydrogens is 324 g/mol. The summed E-state index contributed by atoms with van der Waals surface area (Å²) < 4.78 is 29.1. The van der Waals surface area contributed by atoms with Gasteiger partial charge in [0.15, 0.2) is 5.03 Å². The van der Waals surface area contributed by atoms with Gasteiger partial charge in [-0.2, -0.15) is 5.10 Å². The van der Waals surface area contributed by atoms with Crippen LogP contribution in [0.2, 0.25) is 0 Å². The van der Waals surface area contributed by atoms with Crippen LogP contribution in [0.4, 0.5) is 0 Å². The van der Waals surface area contributed by atoms with Crippen LogP contribution >= 0.6 is 0 Å². The average molecular weight is 348 g/mol. The first-order valence-corrected chi connectivity index (χ1v) is 9.70. The lowest BCUT2D eigenvalue weighted by molar-refractivity contribution is 0.304. The Morgan fingerprint density at radius 1 is 1.29 bits per heavy atom. The number of likely N-dealkylation sites (tertiary alicyclic amines) is 1. The van der Waals surface area contributed by atoms with E-state index in [-0.39, 0.29) is 11.1 Å². The summed E-state index contributed by atoms with van der Waals surface area (Å²) in [6.07, 6.45) is 2.50. The zero-order valence-electron chi connectivity index (χ0n) is 14.1. The van der Waals surface area contributed by atoms with Crippen LogP contribution in [0.25, 0.3) is 0 Å². The standard InChI is InChI=1S/C17H24N4O2S/c1-14(19-24(22,23)17-8-10-18-20(17)2)16-9-11-21(13-16)12-15-6-4-3-5-7-15/h3-8,10,14,16,19H,9,11-13H2,1-2H3/t14-,16-/m1/s1. The molecule has 1 aliphatic rings. The fraction of sp³-hybridized carbons (Fsp3) is 0.471. The minimum Gasteiger partial charge on any atom is -0.299 e. The van der Waals surface area contributed by atoms with E-state index in [4.69, 9.17) is 0 Å². The predicted molar refractivity (Wildman–Crippen MR) is 92.8 cm³/mol. The molecule has 2 heterocycles. The van der Waals surface area contributed by atoms with E-state index in [0.29, 0.717) is 5.92 Å². The second-order valence-electron chi connectivity index (χ2n) is 6.47. The number of nitrogens with zero attached hydrogens (tertiary/aromatic N) is 3. The second-order valence-corrected chi connectivity index (χ2v) is 8.13. The van der Waals surface area contributed by atoms with Gasteiger partial charge in [0.1, 0.15) is 0 Å².